The monoisotopic (exact) mass is 553 g/mol. The van der Waals surface area contributed by atoms with Gasteiger partial charge in [-0.1, -0.05) is 60.7 Å². The van der Waals surface area contributed by atoms with E-state index in [-0.39, 0.29) is 44.2 Å². The first kappa shape index (κ1) is 29.8. The van der Waals surface area contributed by atoms with Crippen LogP contribution < -0.4 is 9.62 Å². The van der Waals surface area contributed by atoms with Crippen molar-refractivity contribution in [1.82, 2.24) is 10.2 Å². The summed E-state index contributed by atoms with van der Waals surface area (Å²) in [6, 6.07) is 21.8. The highest BCUT2D eigenvalue weighted by Crippen LogP contribution is 2.21. The summed E-state index contributed by atoms with van der Waals surface area (Å²) < 4.78 is 41.0. The Bertz CT molecular complexity index is 1370. The zero-order valence-corrected chi connectivity index (χ0v) is 23.5. The molecule has 0 fully saturated rings. The van der Waals surface area contributed by atoms with Gasteiger partial charge in [-0.15, -0.1) is 0 Å². The normalized spacial score (nSPS) is 12.0. The van der Waals surface area contributed by atoms with Gasteiger partial charge in [-0.05, 0) is 49.6 Å². The second-order valence-electron chi connectivity index (χ2n) is 9.49. The summed E-state index contributed by atoms with van der Waals surface area (Å²) in [4.78, 5) is 28.3. The van der Waals surface area contributed by atoms with Crippen molar-refractivity contribution < 1.29 is 22.4 Å². The Balaban J connectivity index is 1.87. The van der Waals surface area contributed by atoms with Crippen LogP contribution in [0.25, 0.3) is 0 Å². The molecule has 0 aliphatic carbocycles. The van der Waals surface area contributed by atoms with E-state index in [0.29, 0.717) is 17.8 Å². The number of rotatable bonds is 13. The van der Waals surface area contributed by atoms with E-state index in [2.05, 4.69) is 5.32 Å². The van der Waals surface area contributed by atoms with Crippen LogP contribution in [0.15, 0.2) is 78.9 Å². The number of benzene rings is 3. The standard InChI is InChI=1S/C30H36FN3O4S/c1-4-32-30(36)28(21-24-13-6-5-7-14-24)33(22-25-15-8-9-17-27(25)31)29(35)18-11-19-34(39(3,37)38)26-16-10-12-23(2)20-26/h5-10,12-17,20,28H,4,11,18-19,21-22H2,1-3H3,(H,32,36). The average Bonchev–Trinajstić information content (AvgIpc) is 2.89. The number of carbonyl (C=O) groups excluding carboxylic acids is 2. The van der Waals surface area contributed by atoms with E-state index in [0.717, 1.165) is 17.4 Å². The van der Waals surface area contributed by atoms with Crippen LogP contribution in [-0.4, -0.2) is 50.5 Å². The molecule has 0 spiro atoms. The third-order valence-corrected chi connectivity index (χ3v) is 7.56. The minimum Gasteiger partial charge on any atom is -0.355 e. The van der Waals surface area contributed by atoms with E-state index in [1.54, 1.807) is 43.3 Å². The Kier molecular flexibility index (Phi) is 10.6. The summed E-state index contributed by atoms with van der Waals surface area (Å²) in [7, 11) is -3.59. The molecule has 0 radical (unpaired) electrons. The van der Waals surface area contributed by atoms with E-state index in [1.165, 1.54) is 15.3 Å². The molecule has 0 bridgehead atoms. The molecule has 3 aromatic carbocycles. The van der Waals surface area contributed by atoms with Crippen LogP contribution in [0.3, 0.4) is 0 Å². The summed E-state index contributed by atoms with van der Waals surface area (Å²) in [5.41, 5.74) is 2.60. The molecule has 0 aliphatic heterocycles. The molecule has 1 N–H and O–H groups in total. The fourth-order valence-electron chi connectivity index (χ4n) is 4.44. The van der Waals surface area contributed by atoms with Gasteiger partial charge in [0, 0.05) is 38.0 Å². The van der Waals surface area contributed by atoms with Crippen molar-refractivity contribution in [1.29, 1.82) is 0 Å². The van der Waals surface area contributed by atoms with E-state index in [1.807, 2.05) is 43.3 Å². The molecular weight excluding hydrogens is 517 g/mol. The van der Waals surface area contributed by atoms with Gasteiger partial charge < -0.3 is 10.2 Å². The maximum absolute atomic E-state index is 14.7. The number of carbonyl (C=O) groups is 2. The number of sulfonamides is 1. The first-order valence-corrected chi connectivity index (χ1v) is 14.8. The predicted octanol–water partition coefficient (Wildman–Crippen LogP) is 4.46. The summed E-state index contributed by atoms with van der Waals surface area (Å²) >= 11 is 0. The summed E-state index contributed by atoms with van der Waals surface area (Å²) in [6.07, 6.45) is 1.59. The summed E-state index contributed by atoms with van der Waals surface area (Å²) in [6.45, 7) is 4.05. The van der Waals surface area contributed by atoms with Crippen molar-refractivity contribution in [2.45, 2.75) is 45.7 Å². The van der Waals surface area contributed by atoms with E-state index >= 15 is 0 Å². The quantitative estimate of drug-likeness (QED) is 0.339. The van der Waals surface area contributed by atoms with Crippen molar-refractivity contribution >= 4 is 27.5 Å². The Morgan fingerprint density at radius 1 is 0.974 bits per heavy atom. The molecule has 0 heterocycles. The molecule has 0 saturated heterocycles. The SMILES string of the molecule is CCNC(=O)C(Cc1ccccc1)N(Cc1ccccc1F)C(=O)CCCN(c1cccc(C)c1)S(C)(=O)=O. The van der Waals surface area contributed by atoms with Gasteiger partial charge >= 0.3 is 0 Å². The molecule has 39 heavy (non-hydrogen) atoms. The number of hydrogen-bond acceptors (Lipinski definition) is 4. The maximum Gasteiger partial charge on any atom is 0.243 e. The minimum absolute atomic E-state index is 0.0169. The van der Waals surface area contributed by atoms with Crippen molar-refractivity contribution in [3.8, 4) is 0 Å². The Hall–Kier alpha value is -3.72. The Morgan fingerprint density at radius 2 is 1.67 bits per heavy atom. The number of amides is 2. The smallest absolute Gasteiger partial charge is 0.243 e. The lowest BCUT2D eigenvalue weighted by molar-refractivity contribution is -0.141. The molecule has 1 unspecified atom stereocenters. The molecule has 3 rings (SSSR count). The van der Waals surface area contributed by atoms with Crippen molar-refractivity contribution in [3.63, 3.8) is 0 Å². The molecule has 1 atom stereocenters. The molecular formula is C30H36FN3O4S. The van der Waals surface area contributed by atoms with Gasteiger partial charge in [-0.2, -0.15) is 0 Å². The number of hydrogen-bond donors (Lipinski definition) is 1. The molecule has 208 valence electrons. The minimum atomic E-state index is -3.59. The third-order valence-electron chi connectivity index (χ3n) is 6.36. The van der Waals surface area contributed by atoms with Crippen molar-refractivity contribution in [2.75, 3.05) is 23.7 Å². The number of aryl methyl sites for hydroxylation is 1. The zero-order chi connectivity index (χ0) is 28.4. The largest absolute Gasteiger partial charge is 0.355 e. The van der Waals surface area contributed by atoms with Crippen LogP contribution in [-0.2, 0) is 32.6 Å². The number of anilines is 1. The zero-order valence-electron chi connectivity index (χ0n) is 22.6. The summed E-state index contributed by atoms with van der Waals surface area (Å²) in [5.74, 6) is -1.15. The highest BCUT2D eigenvalue weighted by molar-refractivity contribution is 7.92. The van der Waals surface area contributed by atoms with Crippen LogP contribution in [0.1, 0.15) is 36.5 Å². The fourth-order valence-corrected chi connectivity index (χ4v) is 5.40. The second-order valence-corrected chi connectivity index (χ2v) is 11.4. The van der Waals surface area contributed by atoms with Gasteiger partial charge in [0.25, 0.3) is 0 Å². The highest BCUT2D eigenvalue weighted by Gasteiger charge is 2.30. The lowest BCUT2D eigenvalue weighted by Crippen LogP contribution is -2.50. The molecule has 7 nitrogen and oxygen atoms in total. The first-order valence-electron chi connectivity index (χ1n) is 13.0. The molecule has 9 heteroatoms. The van der Waals surface area contributed by atoms with Crippen LogP contribution in [0, 0.1) is 12.7 Å². The van der Waals surface area contributed by atoms with Gasteiger partial charge in [0.1, 0.15) is 11.9 Å². The van der Waals surface area contributed by atoms with Crippen LogP contribution in [0.5, 0.6) is 0 Å². The van der Waals surface area contributed by atoms with Crippen molar-refractivity contribution in [3.05, 3.63) is 101 Å². The molecule has 0 aliphatic rings. The van der Waals surface area contributed by atoms with Crippen LogP contribution in [0.2, 0.25) is 0 Å². The van der Waals surface area contributed by atoms with Crippen LogP contribution >= 0.6 is 0 Å². The van der Waals surface area contributed by atoms with Crippen LogP contribution in [0.4, 0.5) is 10.1 Å². The number of halogens is 1. The molecule has 2 amide bonds. The van der Waals surface area contributed by atoms with Gasteiger partial charge in [-0.3, -0.25) is 13.9 Å². The van der Waals surface area contributed by atoms with Gasteiger partial charge in [0.2, 0.25) is 21.8 Å². The third kappa shape index (κ3) is 8.64. The summed E-state index contributed by atoms with van der Waals surface area (Å²) in [5, 5.41) is 2.81. The Morgan fingerprint density at radius 3 is 2.31 bits per heavy atom. The predicted molar refractivity (Wildman–Crippen MR) is 152 cm³/mol. The maximum atomic E-state index is 14.7. The first-order chi connectivity index (χ1) is 18.6. The average molecular weight is 554 g/mol. The molecule has 3 aromatic rings. The van der Waals surface area contributed by atoms with E-state index < -0.39 is 21.9 Å². The van der Waals surface area contributed by atoms with Gasteiger partial charge in [-0.25, -0.2) is 12.8 Å². The number of likely N-dealkylation sites (N-methyl/N-ethyl adjacent to an activating group) is 1. The topological polar surface area (TPSA) is 86.8 Å². The van der Waals surface area contributed by atoms with E-state index in [4.69, 9.17) is 0 Å². The van der Waals surface area contributed by atoms with Crippen molar-refractivity contribution in [2.24, 2.45) is 0 Å². The molecule has 0 aromatic heterocycles. The lowest BCUT2D eigenvalue weighted by atomic mass is 10.0. The van der Waals surface area contributed by atoms with Gasteiger partial charge in [0.15, 0.2) is 0 Å². The lowest BCUT2D eigenvalue weighted by Gasteiger charge is -2.32. The Labute approximate surface area is 230 Å². The second kappa shape index (κ2) is 13.9. The number of nitrogens with zero attached hydrogens (tertiary/aromatic N) is 2. The van der Waals surface area contributed by atoms with Gasteiger partial charge in [0.05, 0.1) is 11.9 Å². The number of nitrogens with one attached hydrogen (secondary N) is 1. The fraction of sp³-hybridized carbons (Fsp3) is 0.333. The molecule has 0 saturated carbocycles. The highest BCUT2D eigenvalue weighted by atomic mass is 32.2. The van der Waals surface area contributed by atoms with E-state index in [9.17, 15) is 22.4 Å².